The number of hydrogen-bond donors (Lipinski definition) is 1. The highest BCUT2D eigenvalue weighted by Crippen LogP contribution is 2.25. The Hall–Kier alpha value is -0.540. The van der Waals surface area contributed by atoms with Crippen LogP contribution in [0.2, 0.25) is 0 Å². The van der Waals surface area contributed by atoms with Crippen molar-refractivity contribution in [1.82, 2.24) is 5.32 Å². The van der Waals surface area contributed by atoms with Crippen molar-refractivity contribution in [1.29, 1.82) is 0 Å². The van der Waals surface area contributed by atoms with Crippen molar-refractivity contribution in [3.63, 3.8) is 0 Å². The fourth-order valence-electron chi connectivity index (χ4n) is 1.39. The molecule has 0 heterocycles. The average Bonchev–Trinajstić information content (AvgIpc) is 2.13. The summed E-state index contributed by atoms with van der Waals surface area (Å²) in [7, 11) is 4.10. The van der Waals surface area contributed by atoms with Crippen LogP contribution in [-0.4, -0.2) is 19.6 Å². The van der Waals surface area contributed by atoms with E-state index in [2.05, 4.69) is 65.1 Å². The van der Waals surface area contributed by atoms with E-state index < -0.39 is 0 Å². The zero-order valence-electron chi connectivity index (χ0n) is 10.8. The maximum Gasteiger partial charge on any atom is 0.0505 e. The third-order valence-corrected chi connectivity index (χ3v) is 2.95. The highest BCUT2D eigenvalue weighted by molar-refractivity contribution is 9.10. The smallest absolute Gasteiger partial charge is 0.0505 e. The molecule has 0 aliphatic rings. The van der Waals surface area contributed by atoms with E-state index in [9.17, 15) is 0 Å². The molecule has 1 aromatic rings. The van der Waals surface area contributed by atoms with Crippen molar-refractivity contribution in [3.05, 3.63) is 28.2 Å². The summed E-state index contributed by atoms with van der Waals surface area (Å²) in [5.74, 6) is 0. The van der Waals surface area contributed by atoms with E-state index in [1.165, 1.54) is 11.3 Å². The first-order chi connectivity index (χ1) is 7.29. The summed E-state index contributed by atoms with van der Waals surface area (Å²) in [5.41, 5.74) is 2.67. The lowest BCUT2D eigenvalue weighted by atomic mass is 10.1. The number of anilines is 1. The first kappa shape index (κ1) is 13.5. The minimum absolute atomic E-state index is 0.159. The summed E-state index contributed by atoms with van der Waals surface area (Å²) in [5, 5.41) is 3.48. The van der Waals surface area contributed by atoms with E-state index >= 15 is 0 Å². The van der Waals surface area contributed by atoms with Gasteiger partial charge >= 0.3 is 0 Å². The fraction of sp³-hybridized carbons (Fsp3) is 0.538. The van der Waals surface area contributed by atoms with Gasteiger partial charge in [0.05, 0.1) is 5.69 Å². The number of halogens is 1. The van der Waals surface area contributed by atoms with Gasteiger partial charge in [-0.15, -0.1) is 0 Å². The molecule has 0 fully saturated rings. The summed E-state index contributed by atoms with van der Waals surface area (Å²) >= 11 is 3.60. The largest absolute Gasteiger partial charge is 0.377 e. The molecule has 1 aromatic carbocycles. The van der Waals surface area contributed by atoms with Crippen LogP contribution >= 0.6 is 15.9 Å². The minimum atomic E-state index is 0.159. The molecule has 0 atom stereocenters. The van der Waals surface area contributed by atoms with Crippen molar-refractivity contribution in [2.24, 2.45) is 0 Å². The summed E-state index contributed by atoms with van der Waals surface area (Å²) < 4.78 is 1.14. The molecular formula is C13H21BrN2. The van der Waals surface area contributed by atoms with Crippen LogP contribution in [0.15, 0.2) is 22.7 Å². The van der Waals surface area contributed by atoms with Crippen molar-refractivity contribution < 1.29 is 0 Å². The zero-order valence-corrected chi connectivity index (χ0v) is 12.4. The monoisotopic (exact) mass is 284 g/mol. The molecule has 0 saturated heterocycles. The van der Waals surface area contributed by atoms with Crippen LogP contribution in [0.1, 0.15) is 26.3 Å². The van der Waals surface area contributed by atoms with Crippen LogP contribution in [-0.2, 0) is 6.54 Å². The van der Waals surface area contributed by atoms with Gasteiger partial charge in [0.15, 0.2) is 0 Å². The van der Waals surface area contributed by atoms with Gasteiger partial charge in [-0.05, 0) is 54.4 Å². The van der Waals surface area contributed by atoms with Gasteiger partial charge in [0.1, 0.15) is 0 Å². The Bertz CT molecular complexity index is 353. The lowest BCUT2D eigenvalue weighted by Crippen LogP contribution is -2.35. The van der Waals surface area contributed by atoms with E-state index in [1.807, 2.05) is 14.1 Å². The van der Waals surface area contributed by atoms with Crippen LogP contribution in [0.3, 0.4) is 0 Å². The number of benzene rings is 1. The van der Waals surface area contributed by atoms with Crippen LogP contribution in [0.5, 0.6) is 0 Å². The molecular weight excluding hydrogens is 264 g/mol. The lowest BCUT2D eigenvalue weighted by molar-refractivity contribution is 0.424. The predicted molar refractivity (Wildman–Crippen MR) is 75.1 cm³/mol. The average molecular weight is 285 g/mol. The fourth-order valence-corrected chi connectivity index (χ4v) is 2.17. The number of nitrogens with zero attached hydrogens (tertiary/aromatic N) is 1. The molecule has 0 aromatic heterocycles. The van der Waals surface area contributed by atoms with Crippen molar-refractivity contribution >= 4 is 21.6 Å². The van der Waals surface area contributed by atoms with E-state index in [0.29, 0.717) is 0 Å². The van der Waals surface area contributed by atoms with Gasteiger partial charge in [-0.2, -0.15) is 0 Å². The second kappa shape index (κ2) is 5.19. The van der Waals surface area contributed by atoms with E-state index in [-0.39, 0.29) is 5.54 Å². The second-order valence-corrected chi connectivity index (χ2v) is 6.14. The molecule has 0 amide bonds. The second-order valence-electron chi connectivity index (χ2n) is 5.28. The first-order valence-electron chi connectivity index (χ1n) is 5.50. The highest BCUT2D eigenvalue weighted by atomic mass is 79.9. The van der Waals surface area contributed by atoms with Crippen molar-refractivity contribution in [3.8, 4) is 0 Å². The molecule has 3 heteroatoms. The molecule has 2 nitrogen and oxygen atoms in total. The molecule has 90 valence electrons. The highest BCUT2D eigenvalue weighted by Gasteiger charge is 2.09. The Morgan fingerprint density at radius 1 is 1.25 bits per heavy atom. The van der Waals surface area contributed by atoms with E-state index in [0.717, 1.165) is 11.0 Å². The Morgan fingerprint density at radius 2 is 1.88 bits per heavy atom. The van der Waals surface area contributed by atoms with Gasteiger partial charge in [-0.25, -0.2) is 0 Å². The third-order valence-electron chi connectivity index (χ3n) is 2.32. The molecule has 0 spiro atoms. The molecule has 0 aliphatic heterocycles. The Labute approximate surface area is 107 Å². The van der Waals surface area contributed by atoms with Crippen molar-refractivity contribution in [2.75, 3.05) is 19.0 Å². The first-order valence-corrected chi connectivity index (χ1v) is 6.30. The topological polar surface area (TPSA) is 15.3 Å². The standard InChI is InChI=1S/C13H21BrN2/c1-13(2,3)15-9-10-6-7-12(16(4)5)11(14)8-10/h6-8,15H,9H2,1-5H3. The SMILES string of the molecule is CN(C)c1ccc(CNC(C)(C)C)cc1Br. The van der Waals surface area contributed by atoms with E-state index in [4.69, 9.17) is 0 Å². The molecule has 0 radical (unpaired) electrons. The maximum absolute atomic E-state index is 3.60. The van der Waals surface area contributed by atoms with Crippen LogP contribution in [0.25, 0.3) is 0 Å². The van der Waals surface area contributed by atoms with Crippen LogP contribution in [0, 0.1) is 0 Å². The summed E-state index contributed by atoms with van der Waals surface area (Å²) in [6.45, 7) is 7.43. The quantitative estimate of drug-likeness (QED) is 0.915. The molecule has 0 saturated carbocycles. The van der Waals surface area contributed by atoms with Crippen molar-refractivity contribution in [2.45, 2.75) is 32.9 Å². The Morgan fingerprint density at radius 3 is 2.31 bits per heavy atom. The van der Waals surface area contributed by atoms with Gasteiger partial charge in [0.2, 0.25) is 0 Å². The molecule has 0 unspecified atom stereocenters. The molecule has 16 heavy (non-hydrogen) atoms. The van der Waals surface area contributed by atoms with Gasteiger partial charge in [-0.3, -0.25) is 0 Å². The molecule has 0 aliphatic carbocycles. The summed E-state index contributed by atoms with van der Waals surface area (Å²) in [4.78, 5) is 2.10. The Kier molecular flexibility index (Phi) is 4.39. The third kappa shape index (κ3) is 4.14. The van der Waals surface area contributed by atoms with Gasteiger partial charge < -0.3 is 10.2 Å². The molecule has 0 bridgehead atoms. The van der Waals surface area contributed by atoms with Gasteiger partial charge in [0.25, 0.3) is 0 Å². The molecule has 1 rings (SSSR count). The maximum atomic E-state index is 3.60. The predicted octanol–water partition coefficient (Wildman–Crippen LogP) is 3.40. The lowest BCUT2D eigenvalue weighted by Gasteiger charge is -2.21. The van der Waals surface area contributed by atoms with Gasteiger partial charge in [-0.1, -0.05) is 6.07 Å². The number of nitrogens with one attached hydrogen (secondary N) is 1. The minimum Gasteiger partial charge on any atom is -0.377 e. The van der Waals surface area contributed by atoms with Crippen LogP contribution in [0.4, 0.5) is 5.69 Å². The summed E-state index contributed by atoms with van der Waals surface area (Å²) in [6.07, 6.45) is 0. The molecule has 1 N–H and O–H groups in total. The zero-order chi connectivity index (χ0) is 12.3. The number of hydrogen-bond acceptors (Lipinski definition) is 2. The van der Waals surface area contributed by atoms with Crippen LogP contribution < -0.4 is 10.2 Å². The normalized spacial score (nSPS) is 11.6. The summed E-state index contributed by atoms with van der Waals surface area (Å²) in [6, 6.07) is 6.48. The van der Waals surface area contributed by atoms with Gasteiger partial charge in [0, 0.05) is 30.7 Å². The Balaban J connectivity index is 2.74. The number of rotatable bonds is 3. The van der Waals surface area contributed by atoms with E-state index in [1.54, 1.807) is 0 Å².